The number of hydrogen-bond acceptors (Lipinski definition) is 2. The second-order valence-electron chi connectivity index (χ2n) is 10.0. The third-order valence-electron chi connectivity index (χ3n) is 5.40. The van der Waals surface area contributed by atoms with Gasteiger partial charge in [-0.25, -0.2) is 0 Å². The van der Waals surface area contributed by atoms with Crippen LogP contribution >= 0.6 is 0 Å². The van der Waals surface area contributed by atoms with Crippen molar-refractivity contribution in [2.75, 3.05) is 0 Å². The first-order valence-electron chi connectivity index (χ1n) is 10.5. The molecule has 0 aliphatic carbocycles. The van der Waals surface area contributed by atoms with Gasteiger partial charge in [0.15, 0.2) is 0 Å². The van der Waals surface area contributed by atoms with Crippen LogP contribution in [0.1, 0.15) is 52.7 Å². The summed E-state index contributed by atoms with van der Waals surface area (Å²) < 4.78 is 3.73. The predicted octanol–water partition coefficient (Wildman–Crippen LogP) is 6.26. The molecule has 2 aromatic carbocycles. The van der Waals surface area contributed by atoms with Crippen molar-refractivity contribution in [2.24, 2.45) is 14.1 Å². The molecule has 0 bridgehead atoms. The molecule has 4 rings (SSSR count). The lowest BCUT2D eigenvalue weighted by molar-refractivity contribution is 0.590. The van der Waals surface area contributed by atoms with Crippen LogP contribution < -0.4 is 0 Å². The Kier molecular flexibility index (Phi) is 5.89. The molecule has 2 heterocycles. The highest BCUT2D eigenvalue weighted by atomic mass is 15.2. The van der Waals surface area contributed by atoms with Gasteiger partial charge in [0.25, 0.3) is 0 Å². The Bertz CT molecular complexity index is 1120. The average Bonchev–Trinajstić information content (AvgIpc) is 3.27. The van der Waals surface area contributed by atoms with Gasteiger partial charge < -0.3 is 0 Å². The Labute approximate surface area is 180 Å². The van der Waals surface area contributed by atoms with Gasteiger partial charge in [0.2, 0.25) is 0 Å². The highest BCUT2D eigenvalue weighted by Crippen LogP contribution is 2.26. The van der Waals surface area contributed by atoms with Crippen LogP contribution in [-0.2, 0) is 24.9 Å². The van der Waals surface area contributed by atoms with Crippen LogP contribution in [0.15, 0.2) is 61.1 Å². The standard InChI is InChI=1S/C14H18N2.C12H16N2/c1-14(2,3)13-7-5-11(6-8-13)12-9-15-16(4)10-12;1-12(2,3)10-5-6-11-9(7-10)8-13-14(11)4/h5-10H,1-4H3;5-8H,1-4H3. The quantitative estimate of drug-likeness (QED) is 0.377. The first-order chi connectivity index (χ1) is 13.9. The number of aryl methyl sites for hydroxylation is 2. The molecule has 4 nitrogen and oxygen atoms in total. The molecule has 2 aromatic heterocycles. The molecule has 0 amide bonds. The number of rotatable bonds is 1. The van der Waals surface area contributed by atoms with Crippen molar-refractivity contribution < 1.29 is 0 Å². The number of fused-ring (bicyclic) bond motifs is 1. The zero-order valence-corrected chi connectivity index (χ0v) is 19.6. The highest BCUT2D eigenvalue weighted by Gasteiger charge is 2.14. The summed E-state index contributed by atoms with van der Waals surface area (Å²) in [6.07, 6.45) is 5.85. The second-order valence-corrected chi connectivity index (χ2v) is 10.0. The summed E-state index contributed by atoms with van der Waals surface area (Å²) >= 11 is 0. The van der Waals surface area contributed by atoms with E-state index in [0.29, 0.717) is 0 Å². The molecule has 0 saturated heterocycles. The summed E-state index contributed by atoms with van der Waals surface area (Å²) in [5.41, 5.74) is 6.73. The van der Waals surface area contributed by atoms with Gasteiger partial charge in [0, 0.05) is 31.2 Å². The van der Waals surface area contributed by atoms with E-state index < -0.39 is 0 Å². The minimum atomic E-state index is 0.212. The van der Waals surface area contributed by atoms with Crippen molar-refractivity contribution in [1.82, 2.24) is 19.6 Å². The van der Waals surface area contributed by atoms with Gasteiger partial charge >= 0.3 is 0 Å². The first kappa shape index (κ1) is 21.8. The maximum atomic E-state index is 4.24. The van der Waals surface area contributed by atoms with E-state index in [-0.39, 0.29) is 10.8 Å². The Hall–Kier alpha value is -2.88. The lowest BCUT2D eigenvalue weighted by atomic mass is 9.86. The minimum absolute atomic E-state index is 0.212. The molecule has 158 valence electrons. The van der Waals surface area contributed by atoms with E-state index in [9.17, 15) is 0 Å². The largest absolute Gasteiger partial charge is 0.275 e. The summed E-state index contributed by atoms with van der Waals surface area (Å²) in [6, 6.07) is 15.3. The fourth-order valence-corrected chi connectivity index (χ4v) is 3.36. The maximum Gasteiger partial charge on any atom is 0.0679 e. The summed E-state index contributed by atoms with van der Waals surface area (Å²) in [6.45, 7) is 13.4. The van der Waals surface area contributed by atoms with E-state index in [4.69, 9.17) is 0 Å². The molecule has 0 spiro atoms. The summed E-state index contributed by atoms with van der Waals surface area (Å²) in [4.78, 5) is 0. The predicted molar refractivity (Wildman–Crippen MR) is 127 cm³/mol. The fraction of sp³-hybridized carbons (Fsp3) is 0.385. The molecule has 0 saturated carbocycles. The Morgan fingerprint density at radius 1 is 0.667 bits per heavy atom. The number of hydrogen-bond donors (Lipinski definition) is 0. The average molecular weight is 403 g/mol. The molecule has 0 unspecified atom stereocenters. The molecule has 0 aliphatic heterocycles. The number of aromatic nitrogens is 4. The number of benzene rings is 2. The maximum absolute atomic E-state index is 4.24. The molecular formula is C26H34N4. The Morgan fingerprint density at radius 2 is 1.27 bits per heavy atom. The van der Waals surface area contributed by atoms with Gasteiger partial charge in [-0.2, -0.15) is 10.2 Å². The normalized spacial score (nSPS) is 12.0. The van der Waals surface area contributed by atoms with Gasteiger partial charge in [-0.1, -0.05) is 71.9 Å². The van der Waals surface area contributed by atoms with Crippen LogP contribution in [0.3, 0.4) is 0 Å². The van der Waals surface area contributed by atoms with Crippen molar-refractivity contribution in [1.29, 1.82) is 0 Å². The van der Waals surface area contributed by atoms with Crippen molar-refractivity contribution >= 4 is 10.9 Å². The van der Waals surface area contributed by atoms with Gasteiger partial charge in [-0.05, 0) is 39.7 Å². The van der Waals surface area contributed by atoms with Crippen LogP contribution in [0.4, 0.5) is 0 Å². The van der Waals surface area contributed by atoms with Crippen molar-refractivity contribution in [3.63, 3.8) is 0 Å². The number of nitrogens with zero attached hydrogens (tertiary/aromatic N) is 4. The summed E-state index contributed by atoms with van der Waals surface area (Å²) in [5, 5.41) is 9.64. The molecule has 30 heavy (non-hydrogen) atoms. The zero-order valence-electron chi connectivity index (χ0n) is 19.6. The van der Waals surface area contributed by atoms with Gasteiger partial charge in [0.1, 0.15) is 0 Å². The van der Waals surface area contributed by atoms with E-state index in [1.54, 1.807) is 0 Å². The van der Waals surface area contributed by atoms with Gasteiger partial charge in [-0.15, -0.1) is 0 Å². The Balaban J connectivity index is 0.000000172. The van der Waals surface area contributed by atoms with E-state index in [1.807, 2.05) is 42.0 Å². The zero-order chi connectivity index (χ0) is 22.1. The molecule has 4 aromatic rings. The Morgan fingerprint density at radius 3 is 1.80 bits per heavy atom. The van der Waals surface area contributed by atoms with Gasteiger partial charge in [0.05, 0.1) is 17.9 Å². The molecule has 0 atom stereocenters. The molecular weight excluding hydrogens is 368 g/mol. The van der Waals surface area contributed by atoms with Crippen LogP contribution in [0.25, 0.3) is 22.0 Å². The third-order valence-corrected chi connectivity index (χ3v) is 5.40. The van der Waals surface area contributed by atoms with E-state index in [0.717, 1.165) is 0 Å². The summed E-state index contributed by atoms with van der Waals surface area (Å²) in [7, 11) is 3.91. The third kappa shape index (κ3) is 4.99. The SMILES string of the molecule is Cn1cc(-c2ccc(C(C)(C)C)cc2)cn1.Cn1ncc2cc(C(C)(C)C)ccc21. The van der Waals surface area contributed by atoms with E-state index in [2.05, 4.69) is 94.2 Å². The molecule has 0 aliphatic rings. The van der Waals surface area contributed by atoms with E-state index >= 15 is 0 Å². The second kappa shape index (κ2) is 8.10. The van der Waals surface area contributed by atoms with Crippen molar-refractivity contribution in [2.45, 2.75) is 52.4 Å². The van der Waals surface area contributed by atoms with Crippen LogP contribution in [-0.4, -0.2) is 19.6 Å². The topological polar surface area (TPSA) is 35.6 Å². The smallest absolute Gasteiger partial charge is 0.0679 e. The van der Waals surface area contributed by atoms with Crippen LogP contribution in [0.5, 0.6) is 0 Å². The van der Waals surface area contributed by atoms with Crippen LogP contribution in [0.2, 0.25) is 0 Å². The molecule has 0 fully saturated rings. The lowest BCUT2D eigenvalue weighted by Crippen LogP contribution is -2.10. The first-order valence-corrected chi connectivity index (χ1v) is 10.5. The van der Waals surface area contributed by atoms with Gasteiger partial charge in [-0.3, -0.25) is 9.36 Å². The molecule has 4 heteroatoms. The monoisotopic (exact) mass is 402 g/mol. The molecule has 0 N–H and O–H groups in total. The van der Waals surface area contributed by atoms with Crippen molar-refractivity contribution in [3.05, 3.63) is 72.2 Å². The fourth-order valence-electron chi connectivity index (χ4n) is 3.36. The lowest BCUT2D eigenvalue weighted by Gasteiger charge is -2.18. The van der Waals surface area contributed by atoms with Crippen LogP contribution in [0, 0.1) is 0 Å². The van der Waals surface area contributed by atoms with E-state index in [1.165, 1.54) is 33.2 Å². The highest BCUT2D eigenvalue weighted by molar-refractivity contribution is 5.79. The summed E-state index contributed by atoms with van der Waals surface area (Å²) in [5.74, 6) is 0. The van der Waals surface area contributed by atoms with Crippen molar-refractivity contribution in [3.8, 4) is 11.1 Å². The molecule has 0 radical (unpaired) electrons. The minimum Gasteiger partial charge on any atom is -0.275 e.